The number of nitrogens with zero attached hydrogens (tertiary/aromatic N) is 2. The SMILES string of the molecule is [C-]#[N+]C1(C(=O)O)CN(C(=O)OC(C)(C)C)C1. The van der Waals surface area contributed by atoms with Crippen LogP contribution in [-0.2, 0) is 9.53 Å². The topological polar surface area (TPSA) is 71.2 Å². The van der Waals surface area contributed by atoms with Crippen LogP contribution in [0.25, 0.3) is 4.85 Å². The lowest BCUT2D eigenvalue weighted by Gasteiger charge is -2.38. The number of carbonyl (C=O) groups excluding carboxylic acids is 1. The first kappa shape index (κ1) is 12.3. The Morgan fingerprint density at radius 2 is 1.94 bits per heavy atom. The molecule has 6 nitrogen and oxygen atoms in total. The fourth-order valence-electron chi connectivity index (χ4n) is 1.29. The number of hydrogen-bond donors (Lipinski definition) is 1. The average molecular weight is 226 g/mol. The molecule has 0 aliphatic carbocycles. The monoisotopic (exact) mass is 226 g/mol. The fourth-order valence-corrected chi connectivity index (χ4v) is 1.29. The van der Waals surface area contributed by atoms with Crippen molar-refractivity contribution in [3.63, 3.8) is 0 Å². The number of ether oxygens (including phenoxy) is 1. The fraction of sp³-hybridized carbons (Fsp3) is 0.700. The molecular formula is C10H14N2O4. The van der Waals surface area contributed by atoms with E-state index in [2.05, 4.69) is 4.85 Å². The largest absolute Gasteiger partial charge is 0.475 e. The minimum absolute atomic E-state index is 0.110. The highest BCUT2D eigenvalue weighted by molar-refractivity contribution is 5.86. The Balaban J connectivity index is 2.57. The summed E-state index contributed by atoms with van der Waals surface area (Å²) in [6.07, 6.45) is -0.576. The molecule has 0 bridgehead atoms. The van der Waals surface area contributed by atoms with Gasteiger partial charge in [-0.2, -0.15) is 0 Å². The van der Waals surface area contributed by atoms with Gasteiger partial charge in [0.2, 0.25) is 0 Å². The van der Waals surface area contributed by atoms with Gasteiger partial charge in [0.05, 0.1) is 0 Å². The number of amides is 1. The molecule has 88 valence electrons. The summed E-state index contributed by atoms with van der Waals surface area (Å²) in [5.41, 5.74) is -2.09. The predicted octanol–water partition coefficient (Wildman–Crippen LogP) is 0.980. The van der Waals surface area contributed by atoms with Crippen LogP contribution in [0.5, 0.6) is 0 Å². The molecule has 1 saturated heterocycles. The molecule has 1 aliphatic rings. The minimum Gasteiger partial charge on any atom is -0.475 e. The van der Waals surface area contributed by atoms with Crippen molar-refractivity contribution in [2.45, 2.75) is 31.9 Å². The van der Waals surface area contributed by atoms with Gasteiger partial charge in [-0.15, -0.1) is 0 Å². The number of rotatable bonds is 1. The van der Waals surface area contributed by atoms with E-state index in [1.807, 2.05) is 0 Å². The molecule has 1 rings (SSSR count). The molecule has 0 atom stereocenters. The summed E-state index contributed by atoms with van der Waals surface area (Å²) in [5.74, 6) is -1.19. The molecule has 6 heteroatoms. The van der Waals surface area contributed by atoms with E-state index in [1.54, 1.807) is 20.8 Å². The quantitative estimate of drug-likeness (QED) is 0.676. The predicted molar refractivity (Wildman–Crippen MR) is 54.8 cm³/mol. The van der Waals surface area contributed by atoms with Gasteiger partial charge in [-0.3, -0.25) is 9.74 Å². The zero-order chi connectivity index (χ0) is 12.6. The lowest BCUT2D eigenvalue weighted by Crippen LogP contribution is -2.66. The molecule has 0 aromatic heterocycles. The summed E-state index contributed by atoms with van der Waals surface area (Å²) < 4.78 is 5.05. The Bertz CT molecular complexity index is 358. The van der Waals surface area contributed by atoms with E-state index < -0.39 is 23.2 Å². The van der Waals surface area contributed by atoms with Gasteiger partial charge in [-0.25, -0.2) is 16.2 Å². The second-order valence-corrected chi connectivity index (χ2v) is 4.78. The number of carboxylic acids is 1. The van der Waals surface area contributed by atoms with Crippen LogP contribution in [0.3, 0.4) is 0 Å². The lowest BCUT2D eigenvalue weighted by atomic mass is 9.91. The van der Waals surface area contributed by atoms with E-state index in [-0.39, 0.29) is 13.1 Å². The summed E-state index contributed by atoms with van der Waals surface area (Å²) in [6.45, 7) is 11.8. The highest BCUT2D eigenvalue weighted by atomic mass is 16.6. The summed E-state index contributed by atoms with van der Waals surface area (Å²) in [4.78, 5) is 26.5. The van der Waals surface area contributed by atoms with Crippen LogP contribution in [0, 0.1) is 6.57 Å². The summed E-state index contributed by atoms with van der Waals surface area (Å²) in [7, 11) is 0. The van der Waals surface area contributed by atoms with Crippen molar-refractivity contribution in [2.75, 3.05) is 13.1 Å². The Labute approximate surface area is 93.6 Å². The van der Waals surface area contributed by atoms with Gasteiger partial charge in [0.1, 0.15) is 18.7 Å². The van der Waals surface area contributed by atoms with E-state index in [0.717, 1.165) is 0 Å². The maximum Gasteiger partial charge on any atom is 0.410 e. The molecule has 16 heavy (non-hydrogen) atoms. The normalized spacial score (nSPS) is 18.2. The van der Waals surface area contributed by atoms with Crippen molar-refractivity contribution in [3.8, 4) is 0 Å². The van der Waals surface area contributed by atoms with Crippen molar-refractivity contribution in [3.05, 3.63) is 11.4 Å². The summed E-state index contributed by atoms with van der Waals surface area (Å²) in [5, 5.41) is 8.82. The highest BCUT2D eigenvalue weighted by Crippen LogP contribution is 2.27. The second-order valence-electron chi connectivity index (χ2n) is 4.78. The number of carboxylic acid groups (broad SMARTS) is 1. The minimum atomic E-state index is -1.48. The molecule has 0 unspecified atom stereocenters. The van der Waals surface area contributed by atoms with E-state index in [4.69, 9.17) is 16.4 Å². The number of likely N-dealkylation sites (tertiary alicyclic amines) is 1. The molecule has 1 aliphatic heterocycles. The van der Waals surface area contributed by atoms with Gasteiger partial charge in [0.15, 0.2) is 0 Å². The molecule has 1 fully saturated rings. The van der Waals surface area contributed by atoms with Crippen LogP contribution in [0.1, 0.15) is 20.8 Å². The number of hydrogen-bond acceptors (Lipinski definition) is 3. The van der Waals surface area contributed by atoms with Crippen molar-refractivity contribution >= 4 is 12.1 Å². The molecule has 0 radical (unpaired) electrons. The van der Waals surface area contributed by atoms with Gasteiger partial charge in [-0.1, -0.05) is 0 Å². The van der Waals surface area contributed by atoms with Crippen molar-refractivity contribution < 1.29 is 19.4 Å². The van der Waals surface area contributed by atoms with E-state index >= 15 is 0 Å². The Kier molecular flexibility index (Phi) is 2.82. The molecular weight excluding hydrogens is 212 g/mol. The van der Waals surface area contributed by atoms with Crippen molar-refractivity contribution in [1.29, 1.82) is 0 Å². The first-order chi connectivity index (χ1) is 7.20. The number of aliphatic carboxylic acids is 1. The third-order valence-corrected chi connectivity index (χ3v) is 2.17. The van der Waals surface area contributed by atoms with Crippen LogP contribution in [0.2, 0.25) is 0 Å². The lowest BCUT2D eigenvalue weighted by molar-refractivity contribution is -0.146. The highest BCUT2D eigenvalue weighted by Gasteiger charge is 2.59. The molecule has 0 saturated carbocycles. The Morgan fingerprint density at radius 1 is 1.44 bits per heavy atom. The molecule has 1 amide bonds. The molecule has 1 N–H and O–H groups in total. The van der Waals surface area contributed by atoms with Gasteiger partial charge >= 0.3 is 17.6 Å². The Morgan fingerprint density at radius 3 is 2.25 bits per heavy atom. The third kappa shape index (κ3) is 2.24. The van der Waals surface area contributed by atoms with Crippen LogP contribution in [-0.4, -0.2) is 46.3 Å². The van der Waals surface area contributed by atoms with E-state index in [0.29, 0.717) is 0 Å². The van der Waals surface area contributed by atoms with Crippen molar-refractivity contribution in [1.82, 2.24) is 4.90 Å². The van der Waals surface area contributed by atoms with Gasteiger partial charge < -0.3 is 9.84 Å². The molecule has 0 aromatic carbocycles. The first-order valence-electron chi connectivity index (χ1n) is 4.80. The van der Waals surface area contributed by atoms with Gasteiger partial charge in [0.25, 0.3) is 0 Å². The van der Waals surface area contributed by atoms with Crippen LogP contribution in [0.4, 0.5) is 4.79 Å². The first-order valence-corrected chi connectivity index (χ1v) is 4.80. The maximum absolute atomic E-state index is 11.5. The second kappa shape index (κ2) is 3.67. The standard InChI is InChI=1S/C10H14N2O4/c1-9(2,3)16-8(15)12-5-10(6-12,11-4)7(13)14/h5-6H2,1-3H3,(H,13,14). The molecule has 1 heterocycles. The van der Waals surface area contributed by atoms with Crippen LogP contribution >= 0.6 is 0 Å². The Hall–Kier alpha value is -1.77. The average Bonchev–Trinajstić information content (AvgIpc) is 1.98. The maximum atomic E-state index is 11.5. The summed E-state index contributed by atoms with van der Waals surface area (Å²) in [6, 6.07) is 0. The van der Waals surface area contributed by atoms with Crippen LogP contribution < -0.4 is 0 Å². The zero-order valence-electron chi connectivity index (χ0n) is 9.48. The third-order valence-electron chi connectivity index (χ3n) is 2.17. The zero-order valence-corrected chi connectivity index (χ0v) is 9.48. The van der Waals surface area contributed by atoms with E-state index in [9.17, 15) is 9.59 Å². The summed E-state index contributed by atoms with van der Waals surface area (Å²) >= 11 is 0. The van der Waals surface area contributed by atoms with Gasteiger partial charge in [0, 0.05) is 0 Å². The van der Waals surface area contributed by atoms with Gasteiger partial charge in [-0.05, 0) is 20.8 Å². The molecule has 0 spiro atoms. The van der Waals surface area contributed by atoms with E-state index in [1.165, 1.54) is 4.90 Å². The smallest absolute Gasteiger partial charge is 0.410 e. The van der Waals surface area contributed by atoms with Crippen LogP contribution in [0.15, 0.2) is 0 Å². The molecule has 0 aromatic rings. The number of carbonyl (C=O) groups is 2. The van der Waals surface area contributed by atoms with Crippen molar-refractivity contribution in [2.24, 2.45) is 0 Å².